The van der Waals surface area contributed by atoms with Crippen LogP contribution in [0.2, 0.25) is 0 Å². The molecule has 22 heavy (non-hydrogen) atoms. The fraction of sp³-hybridized carbons (Fsp3) is 0.118. The molecule has 0 aliphatic heterocycles. The lowest BCUT2D eigenvalue weighted by Gasteiger charge is -2.08. The van der Waals surface area contributed by atoms with Gasteiger partial charge in [-0.3, -0.25) is 4.79 Å². The molecule has 5 nitrogen and oxygen atoms in total. The number of hydrogen-bond donors (Lipinski definition) is 1. The lowest BCUT2D eigenvalue weighted by Crippen LogP contribution is -2.12. The van der Waals surface area contributed by atoms with Gasteiger partial charge in [0, 0.05) is 5.56 Å². The van der Waals surface area contributed by atoms with Crippen LogP contribution in [0.1, 0.15) is 21.7 Å². The van der Waals surface area contributed by atoms with E-state index in [-0.39, 0.29) is 5.91 Å². The van der Waals surface area contributed by atoms with Gasteiger partial charge in [0.1, 0.15) is 0 Å². The minimum atomic E-state index is -0.177. The first-order valence-corrected chi connectivity index (χ1v) is 6.91. The quantitative estimate of drug-likeness (QED) is 0.801. The highest BCUT2D eigenvalue weighted by molar-refractivity contribution is 6.05. The molecule has 1 N–H and O–H groups in total. The van der Waals surface area contributed by atoms with Crippen molar-refractivity contribution in [3.63, 3.8) is 0 Å². The predicted molar refractivity (Wildman–Crippen MR) is 83.6 cm³/mol. The molecule has 0 fully saturated rings. The SMILES string of the molecule is Cc1ccc(C(=O)Nc2ccccc2-c2nc(C)no2)cc1. The number of aryl methyl sites for hydroxylation is 2. The molecule has 0 bridgehead atoms. The Balaban J connectivity index is 1.89. The molecule has 0 atom stereocenters. The highest BCUT2D eigenvalue weighted by Gasteiger charge is 2.14. The first-order valence-electron chi connectivity index (χ1n) is 6.91. The maximum atomic E-state index is 12.3. The number of rotatable bonds is 3. The monoisotopic (exact) mass is 293 g/mol. The van der Waals surface area contributed by atoms with Gasteiger partial charge in [0.25, 0.3) is 11.8 Å². The van der Waals surface area contributed by atoms with E-state index >= 15 is 0 Å². The van der Waals surface area contributed by atoms with Crippen molar-refractivity contribution in [1.29, 1.82) is 0 Å². The van der Waals surface area contributed by atoms with Crippen LogP contribution in [0.15, 0.2) is 53.1 Å². The zero-order valence-corrected chi connectivity index (χ0v) is 12.3. The zero-order chi connectivity index (χ0) is 15.5. The molecule has 0 unspecified atom stereocenters. The van der Waals surface area contributed by atoms with Crippen molar-refractivity contribution in [2.75, 3.05) is 5.32 Å². The molecule has 0 spiro atoms. The minimum Gasteiger partial charge on any atom is -0.334 e. The second-order valence-electron chi connectivity index (χ2n) is 5.01. The van der Waals surface area contributed by atoms with Crippen LogP contribution in [0.4, 0.5) is 5.69 Å². The molecular formula is C17H15N3O2. The number of carbonyl (C=O) groups is 1. The van der Waals surface area contributed by atoms with E-state index in [9.17, 15) is 4.79 Å². The zero-order valence-electron chi connectivity index (χ0n) is 12.3. The molecule has 0 saturated heterocycles. The van der Waals surface area contributed by atoms with Crippen LogP contribution in [0.25, 0.3) is 11.5 Å². The smallest absolute Gasteiger partial charge is 0.260 e. The van der Waals surface area contributed by atoms with Crippen molar-refractivity contribution in [2.45, 2.75) is 13.8 Å². The number of anilines is 1. The Labute approximate surface area is 128 Å². The van der Waals surface area contributed by atoms with E-state index in [1.165, 1.54) is 0 Å². The predicted octanol–water partition coefficient (Wildman–Crippen LogP) is 3.61. The highest BCUT2D eigenvalue weighted by Crippen LogP contribution is 2.26. The van der Waals surface area contributed by atoms with Crippen LogP contribution in [0, 0.1) is 13.8 Å². The summed E-state index contributed by atoms with van der Waals surface area (Å²) in [6.45, 7) is 3.73. The molecule has 2 aromatic carbocycles. The normalized spacial score (nSPS) is 10.5. The van der Waals surface area contributed by atoms with E-state index in [2.05, 4.69) is 15.5 Å². The summed E-state index contributed by atoms with van der Waals surface area (Å²) in [7, 11) is 0. The van der Waals surface area contributed by atoms with E-state index in [4.69, 9.17) is 4.52 Å². The van der Waals surface area contributed by atoms with Gasteiger partial charge < -0.3 is 9.84 Å². The number of amides is 1. The van der Waals surface area contributed by atoms with Gasteiger partial charge >= 0.3 is 0 Å². The maximum absolute atomic E-state index is 12.3. The van der Waals surface area contributed by atoms with Crippen LogP contribution in [0.3, 0.4) is 0 Å². The average molecular weight is 293 g/mol. The molecule has 1 heterocycles. The van der Waals surface area contributed by atoms with Crippen molar-refractivity contribution in [3.05, 3.63) is 65.5 Å². The molecule has 1 amide bonds. The first-order chi connectivity index (χ1) is 10.6. The summed E-state index contributed by atoms with van der Waals surface area (Å²) in [5.41, 5.74) is 3.04. The van der Waals surface area contributed by atoms with E-state index in [0.29, 0.717) is 28.5 Å². The number of aromatic nitrogens is 2. The largest absolute Gasteiger partial charge is 0.334 e. The molecule has 3 rings (SSSR count). The minimum absolute atomic E-state index is 0.177. The van der Waals surface area contributed by atoms with Crippen molar-refractivity contribution in [3.8, 4) is 11.5 Å². The standard InChI is InChI=1S/C17H15N3O2/c1-11-7-9-13(10-8-11)16(21)19-15-6-4-3-5-14(15)17-18-12(2)20-22-17/h3-10H,1-2H3,(H,19,21). The van der Waals surface area contributed by atoms with Crippen molar-refractivity contribution in [1.82, 2.24) is 10.1 Å². The highest BCUT2D eigenvalue weighted by atomic mass is 16.5. The molecule has 5 heteroatoms. The molecule has 1 aromatic heterocycles. The number of nitrogens with one attached hydrogen (secondary N) is 1. The van der Waals surface area contributed by atoms with Gasteiger partial charge in [-0.15, -0.1) is 0 Å². The summed E-state index contributed by atoms with van der Waals surface area (Å²) in [6.07, 6.45) is 0. The lowest BCUT2D eigenvalue weighted by atomic mass is 10.1. The molecule has 0 aliphatic carbocycles. The summed E-state index contributed by atoms with van der Waals surface area (Å²) in [4.78, 5) is 16.5. The summed E-state index contributed by atoms with van der Waals surface area (Å²) in [5.74, 6) is 0.760. The van der Waals surface area contributed by atoms with Crippen LogP contribution in [-0.4, -0.2) is 16.0 Å². The van der Waals surface area contributed by atoms with E-state index < -0.39 is 0 Å². The number of carbonyl (C=O) groups excluding carboxylic acids is 1. The molecular weight excluding hydrogens is 278 g/mol. The van der Waals surface area contributed by atoms with Crippen LogP contribution in [0.5, 0.6) is 0 Å². The van der Waals surface area contributed by atoms with Gasteiger partial charge in [-0.1, -0.05) is 35.0 Å². The van der Waals surface area contributed by atoms with Gasteiger partial charge in [-0.2, -0.15) is 4.98 Å². The van der Waals surface area contributed by atoms with Crippen LogP contribution >= 0.6 is 0 Å². The van der Waals surface area contributed by atoms with Crippen molar-refractivity contribution >= 4 is 11.6 Å². The Kier molecular flexibility index (Phi) is 3.70. The van der Waals surface area contributed by atoms with Gasteiger partial charge in [-0.25, -0.2) is 0 Å². The average Bonchev–Trinajstić information content (AvgIpc) is 2.95. The van der Waals surface area contributed by atoms with Gasteiger partial charge in [-0.05, 0) is 38.1 Å². The summed E-state index contributed by atoms with van der Waals surface area (Å²) in [5, 5.41) is 6.67. The Morgan fingerprint density at radius 3 is 2.45 bits per heavy atom. The molecule has 0 saturated carbocycles. The molecule has 0 radical (unpaired) electrons. The van der Waals surface area contributed by atoms with Gasteiger partial charge in [0.2, 0.25) is 0 Å². The molecule has 3 aromatic rings. The van der Waals surface area contributed by atoms with E-state index in [0.717, 1.165) is 5.56 Å². The van der Waals surface area contributed by atoms with Crippen LogP contribution < -0.4 is 5.32 Å². The van der Waals surface area contributed by atoms with E-state index in [1.807, 2.05) is 37.3 Å². The third-order valence-electron chi connectivity index (χ3n) is 3.25. The molecule has 0 aliphatic rings. The van der Waals surface area contributed by atoms with Gasteiger partial charge in [0.15, 0.2) is 5.82 Å². The third-order valence-corrected chi connectivity index (χ3v) is 3.25. The second kappa shape index (κ2) is 5.81. The van der Waals surface area contributed by atoms with E-state index in [1.54, 1.807) is 25.1 Å². The Bertz CT molecular complexity index is 807. The van der Waals surface area contributed by atoms with Crippen molar-refractivity contribution in [2.24, 2.45) is 0 Å². The van der Waals surface area contributed by atoms with Crippen LogP contribution in [-0.2, 0) is 0 Å². The Hall–Kier alpha value is -2.95. The molecule has 110 valence electrons. The Morgan fingerprint density at radius 1 is 1.05 bits per heavy atom. The van der Waals surface area contributed by atoms with Crippen molar-refractivity contribution < 1.29 is 9.32 Å². The maximum Gasteiger partial charge on any atom is 0.260 e. The first kappa shape index (κ1) is 14.0. The number of para-hydroxylation sites is 1. The fourth-order valence-corrected chi connectivity index (χ4v) is 2.08. The second-order valence-corrected chi connectivity index (χ2v) is 5.01. The number of hydrogen-bond acceptors (Lipinski definition) is 4. The third kappa shape index (κ3) is 2.88. The Morgan fingerprint density at radius 2 is 1.77 bits per heavy atom. The fourth-order valence-electron chi connectivity index (χ4n) is 2.08. The summed E-state index contributed by atoms with van der Waals surface area (Å²) >= 11 is 0. The topological polar surface area (TPSA) is 68.0 Å². The number of benzene rings is 2. The summed E-state index contributed by atoms with van der Waals surface area (Å²) in [6, 6.07) is 14.7. The summed E-state index contributed by atoms with van der Waals surface area (Å²) < 4.78 is 5.18. The van der Waals surface area contributed by atoms with Gasteiger partial charge in [0.05, 0.1) is 11.3 Å². The lowest BCUT2D eigenvalue weighted by molar-refractivity contribution is 0.102. The number of nitrogens with zero attached hydrogens (tertiary/aromatic N) is 2.